The van der Waals surface area contributed by atoms with Gasteiger partial charge in [0, 0.05) is 25.6 Å². The normalized spacial score (nSPS) is 17.2. The number of carbonyl (C=O) groups excluding carboxylic acids is 2. The molecule has 7 heteroatoms. The van der Waals surface area contributed by atoms with Crippen LogP contribution in [0.25, 0.3) is 0 Å². The minimum absolute atomic E-state index is 0.0859. The second-order valence-corrected chi connectivity index (χ2v) is 6.91. The third-order valence-corrected chi connectivity index (χ3v) is 4.72. The van der Waals surface area contributed by atoms with E-state index in [4.69, 9.17) is 9.47 Å². The van der Waals surface area contributed by atoms with Gasteiger partial charge in [-0.25, -0.2) is 0 Å². The number of carbonyl (C=O) groups is 2. The topological polar surface area (TPSA) is 79.9 Å². The largest absolute Gasteiger partial charge is 0.497 e. The number of likely N-dealkylation sites (tertiary alicyclic amines) is 1. The predicted molar refractivity (Wildman–Crippen MR) is 105 cm³/mol. The van der Waals surface area contributed by atoms with Gasteiger partial charge in [-0.15, -0.1) is 0 Å². The summed E-state index contributed by atoms with van der Waals surface area (Å²) in [4.78, 5) is 26.3. The Labute approximate surface area is 161 Å². The zero-order valence-corrected chi connectivity index (χ0v) is 16.5. The molecule has 1 fully saturated rings. The molecule has 0 saturated carbocycles. The van der Waals surface area contributed by atoms with Crippen molar-refractivity contribution in [3.63, 3.8) is 0 Å². The first kappa shape index (κ1) is 21.0. The molecule has 27 heavy (non-hydrogen) atoms. The molecule has 0 spiro atoms. The molecule has 1 aliphatic heterocycles. The molecule has 1 atom stereocenters. The molecule has 2 rings (SSSR count). The summed E-state index contributed by atoms with van der Waals surface area (Å²) in [7, 11) is 3.15. The number of anilines is 1. The molecular formula is C20H31N3O4. The number of methoxy groups -OCH3 is 2. The second-order valence-electron chi connectivity index (χ2n) is 6.91. The third-order valence-electron chi connectivity index (χ3n) is 4.72. The Morgan fingerprint density at radius 1 is 1.22 bits per heavy atom. The van der Waals surface area contributed by atoms with Crippen molar-refractivity contribution in [3.05, 3.63) is 18.2 Å². The van der Waals surface area contributed by atoms with Crippen LogP contribution < -0.4 is 20.1 Å². The average Bonchev–Trinajstić information content (AvgIpc) is 2.66. The standard InChI is InChI=1S/C20H31N3O4/c1-4-6-19(24)21-12-15-7-5-10-23(13-15)14-20(25)22-17-11-16(26-2)8-9-18(17)27-3/h8-9,11,15H,4-7,10,12-14H2,1-3H3,(H,21,24)(H,22,25). The van der Waals surface area contributed by atoms with Crippen LogP contribution in [0.3, 0.4) is 0 Å². The van der Waals surface area contributed by atoms with Crippen LogP contribution >= 0.6 is 0 Å². The highest BCUT2D eigenvalue weighted by Gasteiger charge is 2.22. The minimum Gasteiger partial charge on any atom is -0.497 e. The summed E-state index contributed by atoms with van der Waals surface area (Å²) in [5.41, 5.74) is 0.599. The Kier molecular flexibility index (Phi) is 8.39. The SMILES string of the molecule is CCCC(=O)NCC1CCCN(CC(=O)Nc2cc(OC)ccc2OC)C1. The molecule has 0 radical (unpaired) electrons. The fourth-order valence-corrected chi connectivity index (χ4v) is 3.34. The predicted octanol–water partition coefficient (Wildman–Crippen LogP) is 2.27. The fourth-order valence-electron chi connectivity index (χ4n) is 3.34. The first-order valence-electron chi connectivity index (χ1n) is 9.56. The Hall–Kier alpha value is -2.28. The maximum Gasteiger partial charge on any atom is 0.238 e. The van der Waals surface area contributed by atoms with E-state index in [1.807, 2.05) is 6.92 Å². The van der Waals surface area contributed by atoms with Gasteiger partial charge in [0.2, 0.25) is 11.8 Å². The van der Waals surface area contributed by atoms with Gasteiger partial charge in [0.25, 0.3) is 0 Å². The van der Waals surface area contributed by atoms with E-state index < -0.39 is 0 Å². The zero-order valence-electron chi connectivity index (χ0n) is 16.5. The van der Waals surface area contributed by atoms with Crippen molar-refractivity contribution in [2.24, 2.45) is 5.92 Å². The second kappa shape index (κ2) is 10.8. The maximum atomic E-state index is 12.5. The summed E-state index contributed by atoms with van der Waals surface area (Å²) in [5.74, 6) is 1.67. The first-order valence-corrected chi connectivity index (χ1v) is 9.56. The Morgan fingerprint density at radius 3 is 2.74 bits per heavy atom. The van der Waals surface area contributed by atoms with E-state index in [0.29, 0.717) is 42.6 Å². The number of amides is 2. The number of ether oxygens (including phenoxy) is 2. The molecule has 7 nitrogen and oxygen atoms in total. The van der Waals surface area contributed by atoms with Gasteiger partial charge in [-0.3, -0.25) is 14.5 Å². The highest BCUT2D eigenvalue weighted by Crippen LogP contribution is 2.29. The lowest BCUT2D eigenvalue weighted by Gasteiger charge is -2.32. The molecule has 1 aliphatic rings. The number of piperidine rings is 1. The summed E-state index contributed by atoms with van der Waals surface area (Å²) in [6.07, 6.45) is 3.54. The highest BCUT2D eigenvalue weighted by atomic mass is 16.5. The van der Waals surface area contributed by atoms with Crippen molar-refractivity contribution in [2.75, 3.05) is 45.7 Å². The van der Waals surface area contributed by atoms with Crippen molar-refractivity contribution in [1.29, 1.82) is 0 Å². The van der Waals surface area contributed by atoms with Crippen molar-refractivity contribution in [3.8, 4) is 11.5 Å². The smallest absolute Gasteiger partial charge is 0.238 e. The van der Waals surface area contributed by atoms with E-state index in [1.165, 1.54) is 0 Å². The monoisotopic (exact) mass is 377 g/mol. The Bertz CT molecular complexity index is 636. The lowest BCUT2D eigenvalue weighted by atomic mass is 9.98. The molecule has 0 bridgehead atoms. The molecule has 2 amide bonds. The number of rotatable bonds is 9. The quantitative estimate of drug-likeness (QED) is 0.690. The molecule has 0 aromatic heterocycles. The van der Waals surface area contributed by atoms with Crippen molar-refractivity contribution < 1.29 is 19.1 Å². The lowest BCUT2D eigenvalue weighted by molar-refractivity contribution is -0.121. The van der Waals surface area contributed by atoms with Gasteiger partial charge in [0.15, 0.2) is 0 Å². The van der Waals surface area contributed by atoms with Crippen LogP contribution in [-0.4, -0.2) is 57.1 Å². The number of hydrogen-bond acceptors (Lipinski definition) is 5. The van der Waals surface area contributed by atoms with E-state index in [-0.39, 0.29) is 11.8 Å². The third kappa shape index (κ3) is 6.75. The van der Waals surface area contributed by atoms with E-state index in [9.17, 15) is 9.59 Å². The Morgan fingerprint density at radius 2 is 2.04 bits per heavy atom. The molecule has 1 aromatic rings. The van der Waals surface area contributed by atoms with Gasteiger partial charge >= 0.3 is 0 Å². The van der Waals surface area contributed by atoms with Crippen LogP contribution in [0.2, 0.25) is 0 Å². The van der Waals surface area contributed by atoms with Crippen molar-refractivity contribution in [1.82, 2.24) is 10.2 Å². The van der Waals surface area contributed by atoms with Gasteiger partial charge in [-0.2, -0.15) is 0 Å². The van der Waals surface area contributed by atoms with Crippen LogP contribution in [0.1, 0.15) is 32.6 Å². The fraction of sp³-hybridized carbons (Fsp3) is 0.600. The molecule has 0 aliphatic carbocycles. The molecule has 1 aromatic carbocycles. The number of nitrogens with one attached hydrogen (secondary N) is 2. The van der Waals surface area contributed by atoms with Crippen LogP contribution in [0, 0.1) is 5.92 Å². The van der Waals surface area contributed by atoms with Gasteiger partial charge in [0.05, 0.1) is 26.5 Å². The van der Waals surface area contributed by atoms with E-state index in [0.717, 1.165) is 32.4 Å². The van der Waals surface area contributed by atoms with Crippen LogP contribution in [0.5, 0.6) is 11.5 Å². The summed E-state index contributed by atoms with van der Waals surface area (Å²) in [6.45, 7) is 4.70. The Balaban J connectivity index is 1.85. The summed E-state index contributed by atoms with van der Waals surface area (Å²) < 4.78 is 10.5. The molecule has 150 valence electrons. The lowest BCUT2D eigenvalue weighted by Crippen LogP contribution is -2.43. The van der Waals surface area contributed by atoms with Gasteiger partial charge < -0.3 is 20.1 Å². The van der Waals surface area contributed by atoms with E-state index in [1.54, 1.807) is 32.4 Å². The molecule has 1 unspecified atom stereocenters. The minimum atomic E-state index is -0.0859. The summed E-state index contributed by atoms with van der Waals surface area (Å²) in [6, 6.07) is 5.31. The van der Waals surface area contributed by atoms with Crippen LogP contribution in [0.4, 0.5) is 5.69 Å². The molecule has 2 N–H and O–H groups in total. The van der Waals surface area contributed by atoms with Gasteiger partial charge in [0.1, 0.15) is 11.5 Å². The summed E-state index contributed by atoms with van der Waals surface area (Å²) >= 11 is 0. The van der Waals surface area contributed by atoms with Gasteiger partial charge in [-0.1, -0.05) is 6.92 Å². The van der Waals surface area contributed by atoms with Crippen LogP contribution in [0.15, 0.2) is 18.2 Å². The number of benzene rings is 1. The van der Waals surface area contributed by atoms with E-state index in [2.05, 4.69) is 15.5 Å². The number of nitrogens with zero attached hydrogens (tertiary/aromatic N) is 1. The average molecular weight is 377 g/mol. The zero-order chi connectivity index (χ0) is 19.6. The summed E-state index contributed by atoms with van der Waals surface area (Å²) in [5, 5.41) is 5.91. The molecule has 1 heterocycles. The highest BCUT2D eigenvalue weighted by molar-refractivity contribution is 5.94. The first-order chi connectivity index (χ1) is 13.0. The molecular weight excluding hydrogens is 346 g/mol. The van der Waals surface area contributed by atoms with Gasteiger partial charge in [-0.05, 0) is 43.9 Å². The maximum absolute atomic E-state index is 12.5. The van der Waals surface area contributed by atoms with Crippen LogP contribution in [-0.2, 0) is 9.59 Å². The van der Waals surface area contributed by atoms with Crippen molar-refractivity contribution in [2.45, 2.75) is 32.6 Å². The van der Waals surface area contributed by atoms with Crippen molar-refractivity contribution >= 4 is 17.5 Å². The number of hydrogen-bond donors (Lipinski definition) is 2. The van der Waals surface area contributed by atoms with E-state index >= 15 is 0 Å². The molecule has 1 saturated heterocycles.